The van der Waals surface area contributed by atoms with Gasteiger partial charge in [-0.25, -0.2) is 8.78 Å². The van der Waals surface area contributed by atoms with Gasteiger partial charge in [-0.3, -0.25) is 4.68 Å². The Labute approximate surface area is 91.5 Å². The maximum absolute atomic E-state index is 13.1. The predicted molar refractivity (Wildman–Crippen MR) is 56.5 cm³/mol. The number of aryl methyl sites for hydroxylation is 1. The summed E-state index contributed by atoms with van der Waals surface area (Å²) in [5.41, 5.74) is 7.21. The summed E-state index contributed by atoms with van der Waals surface area (Å²) in [7, 11) is 1.73. The van der Waals surface area contributed by atoms with E-state index < -0.39 is 11.6 Å². The second-order valence-electron chi connectivity index (χ2n) is 3.54. The molecule has 0 radical (unpaired) electrons. The maximum Gasteiger partial charge on any atom is 0.126 e. The Hall–Kier alpha value is -1.75. The van der Waals surface area contributed by atoms with Crippen LogP contribution < -0.4 is 5.73 Å². The largest absolute Gasteiger partial charge is 0.326 e. The molecule has 0 saturated carbocycles. The summed E-state index contributed by atoms with van der Waals surface area (Å²) in [5.74, 6) is -1.24. The van der Waals surface area contributed by atoms with Crippen molar-refractivity contribution in [3.63, 3.8) is 0 Å². The van der Waals surface area contributed by atoms with Gasteiger partial charge >= 0.3 is 0 Å². The number of halogens is 2. The van der Waals surface area contributed by atoms with Crippen molar-refractivity contribution >= 4 is 0 Å². The highest BCUT2D eigenvalue weighted by Crippen LogP contribution is 2.23. The van der Waals surface area contributed by atoms with Crippen molar-refractivity contribution in [3.8, 4) is 11.3 Å². The van der Waals surface area contributed by atoms with Crippen LogP contribution in [-0.4, -0.2) is 9.78 Å². The van der Waals surface area contributed by atoms with Crippen LogP contribution in [0.3, 0.4) is 0 Å². The Morgan fingerprint density at radius 1 is 1.25 bits per heavy atom. The van der Waals surface area contributed by atoms with Crippen LogP contribution in [0.2, 0.25) is 0 Å². The van der Waals surface area contributed by atoms with Gasteiger partial charge in [0.15, 0.2) is 0 Å². The zero-order chi connectivity index (χ0) is 11.7. The first-order valence-corrected chi connectivity index (χ1v) is 4.79. The van der Waals surface area contributed by atoms with Crippen LogP contribution >= 0.6 is 0 Å². The van der Waals surface area contributed by atoms with Crippen molar-refractivity contribution in [2.75, 3.05) is 0 Å². The van der Waals surface area contributed by atoms with Crippen molar-refractivity contribution in [3.05, 3.63) is 41.6 Å². The molecule has 0 spiro atoms. The molecular weight excluding hydrogens is 212 g/mol. The van der Waals surface area contributed by atoms with Crippen LogP contribution in [0.25, 0.3) is 11.3 Å². The van der Waals surface area contributed by atoms with E-state index in [4.69, 9.17) is 5.73 Å². The third-order valence-corrected chi connectivity index (χ3v) is 2.26. The summed E-state index contributed by atoms with van der Waals surface area (Å²) in [4.78, 5) is 0. The van der Waals surface area contributed by atoms with Gasteiger partial charge in [-0.05, 0) is 12.1 Å². The Balaban J connectivity index is 2.57. The van der Waals surface area contributed by atoms with Gasteiger partial charge in [0.05, 0.1) is 5.69 Å². The first kappa shape index (κ1) is 10.8. The van der Waals surface area contributed by atoms with Gasteiger partial charge in [0, 0.05) is 37.0 Å². The van der Waals surface area contributed by atoms with Gasteiger partial charge < -0.3 is 5.73 Å². The molecule has 2 rings (SSSR count). The summed E-state index contributed by atoms with van der Waals surface area (Å²) < 4.78 is 27.7. The summed E-state index contributed by atoms with van der Waals surface area (Å²) in [6.45, 7) is 0.279. The Morgan fingerprint density at radius 3 is 2.44 bits per heavy atom. The van der Waals surface area contributed by atoms with Crippen LogP contribution in [0.15, 0.2) is 24.4 Å². The zero-order valence-electron chi connectivity index (χ0n) is 8.74. The quantitative estimate of drug-likeness (QED) is 0.844. The minimum Gasteiger partial charge on any atom is -0.326 e. The number of benzene rings is 1. The molecule has 0 aliphatic heterocycles. The lowest BCUT2D eigenvalue weighted by Crippen LogP contribution is -1.97. The molecule has 3 nitrogen and oxygen atoms in total. The van der Waals surface area contributed by atoms with Crippen molar-refractivity contribution < 1.29 is 8.78 Å². The van der Waals surface area contributed by atoms with E-state index >= 15 is 0 Å². The molecule has 0 amide bonds. The molecule has 84 valence electrons. The zero-order valence-corrected chi connectivity index (χ0v) is 8.74. The molecule has 2 N–H and O–H groups in total. The summed E-state index contributed by atoms with van der Waals surface area (Å²) >= 11 is 0. The lowest BCUT2D eigenvalue weighted by atomic mass is 10.1. The van der Waals surface area contributed by atoms with E-state index in [-0.39, 0.29) is 6.54 Å². The van der Waals surface area contributed by atoms with Crippen LogP contribution in [-0.2, 0) is 13.6 Å². The molecule has 0 saturated heterocycles. The van der Waals surface area contributed by atoms with Crippen molar-refractivity contribution in [2.24, 2.45) is 12.8 Å². The molecule has 1 aromatic heterocycles. The molecule has 2 aromatic rings. The van der Waals surface area contributed by atoms with Gasteiger partial charge in [-0.1, -0.05) is 0 Å². The molecule has 0 aliphatic rings. The average molecular weight is 223 g/mol. The molecule has 0 aliphatic carbocycles. The number of nitrogens with zero attached hydrogens (tertiary/aromatic N) is 2. The number of aromatic nitrogens is 2. The average Bonchev–Trinajstić information content (AvgIpc) is 2.58. The fraction of sp³-hybridized carbons (Fsp3) is 0.182. The lowest BCUT2D eigenvalue weighted by molar-refractivity contribution is 0.584. The monoisotopic (exact) mass is 223 g/mol. The van der Waals surface area contributed by atoms with Gasteiger partial charge in [0.1, 0.15) is 11.6 Å². The molecular formula is C11H11F2N3. The van der Waals surface area contributed by atoms with E-state index in [9.17, 15) is 8.78 Å². The lowest BCUT2D eigenvalue weighted by Gasteiger charge is -2.00. The third kappa shape index (κ3) is 1.94. The molecule has 16 heavy (non-hydrogen) atoms. The van der Waals surface area contributed by atoms with E-state index in [0.717, 1.165) is 11.6 Å². The van der Waals surface area contributed by atoms with Gasteiger partial charge in [0.25, 0.3) is 0 Å². The summed E-state index contributed by atoms with van der Waals surface area (Å²) in [6.07, 6.45) is 1.73. The number of rotatable bonds is 2. The minimum atomic E-state index is -0.622. The van der Waals surface area contributed by atoms with Gasteiger partial charge in [0.2, 0.25) is 0 Å². The SMILES string of the molecule is Cn1cc(CN)c(-c2cc(F)cc(F)c2)n1. The standard InChI is InChI=1S/C11H11F2N3/c1-16-6-8(5-14)11(15-16)7-2-9(12)4-10(13)3-7/h2-4,6H,5,14H2,1H3. The molecule has 1 heterocycles. The smallest absolute Gasteiger partial charge is 0.126 e. The van der Waals surface area contributed by atoms with Crippen molar-refractivity contribution in [2.45, 2.75) is 6.54 Å². The maximum atomic E-state index is 13.1. The minimum absolute atomic E-state index is 0.279. The summed E-state index contributed by atoms with van der Waals surface area (Å²) in [5, 5.41) is 4.14. The highest BCUT2D eigenvalue weighted by Gasteiger charge is 2.11. The highest BCUT2D eigenvalue weighted by molar-refractivity contribution is 5.62. The van der Waals surface area contributed by atoms with Crippen LogP contribution in [0.5, 0.6) is 0 Å². The van der Waals surface area contributed by atoms with Gasteiger partial charge in [-0.15, -0.1) is 0 Å². The van der Waals surface area contributed by atoms with Crippen LogP contribution in [0, 0.1) is 11.6 Å². The molecule has 0 bridgehead atoms. The van der Waals surface area contributed by atoms with Crippen molar-refractivity contribution in [1.82, 2.24) is 9.78 Å². The molecule has 5 heteroatoms. The first-order chi connectivity index (χ1) is 7.60. The van der Waals surface area contributed by atoms with Crippen LogP contribution in [0.1, 0.15) is 5.56 Å². The predicted octanol–water partition coefficient (Wildman–Crippen LogP) is 1.82. The normalized spacial score (nSPS) is 10.8. The summed E-state index contributed by atoms with van der Waals surface area (Å²) in [6, 6.07) is 3.31. The van der Waals surface area contributed by atoms with Crippen LogP contribution in [0.4, 0.5) is 8.78 Å². The first-order valence-electron chi connectivity index (χ1n) is 4.79. The Morgan fingerprint density at radius 2 is 1.88 bits per heavy atom. The van der Waals surface area contributed by atoms with E-state index in [2.05, 4.69) is 5.10 Å². The Bertz CT molecular complexity index is 500. The molecule has 1 aromatic carbocycles. The number of hydrogen-bond acceptors (Lipinski definition) is 2. The van der Waals surface area contributed by atoms with E-state index in [0.29, 0.717) is 11.3 Å². The van der Waals surface area contributed by atoms with E-state index in [1.807, 2.05) is 0 Å². The molecule has 0 fully saturated rings. The van der Waals surface area contributed by atoms with E-state index in [1.165, 1.54) is 12.1 Å². The van der Waals surface area contributed by atoms with E-state index in [1.54, 1.807) is 17.9 Å². The number of hydrogen-bond donors (Lipinski definition) is 1. The second-order valence-corrected chi connectivity index (χ2v) is 3.54. The fourth-order valence-corrected chi connectivity index (χ4v) is 1.62. The fourth-order valence-electron chi connectivity index (χ4n) is 1.62. The highest BCUT2D eigenvalue weighted by atomic mass is 19.1. The Kier molecular flexibility index (Phi) is 2.70. The second kappa shape index (κ2) is 4.02. The molecule has 0 unspecified atom stereocenters. The van der Waals surface area contributed by atoms with Gasteiger partial charge in [-0.2, -0.15) is 5.10 Å². The topological polar surface area (TPSA) is 43.8 Å². The van der Waals surface area contributed by atoms with Crippen molar-refractivity contribution in [1.29, 1.82) is 0 Å². The third-order valence-electron chi connectivity index (χ3n) is 2.26. The molecule has 0 atom stereocenters. The number of nitrogens with two attached hydrogens (primary N) is 1.